The van der Waals surface area contributed by atoms with Crippen LogP contribution in [0.2, 0.25) is 0 Å². The van der Waals surface area contributed by atoms with Gasteiger partial charge in [0.2, 0.25) is 5.89 Å². The Hall–Kier alpha value is -2.80. The molecule has 0 atom stereocenters. The standard InChI is InChI=1S/C16H12N4O2S/c21-11-7-5-10(6-8-11)15-19-20-16(22-15)23-9-14-17-12-3-1-2-4-13(12)18-14/h1-8,21H,9H2,(H,17,18). The molecule has 4 aromatic rings. The number of phenols is 1. The maximum Gasteiger partial charge on any atom is 0.277 e. The number of H-pyrrole nitrogens is 1. The smallest absolute Gasteiger partial charge is 0.277 e. The van der Waals surface area contributed by atoms with Gasteiger partial charge in [-0.05, 0) is 36.4 Å². The SMILES string of the molecule is Oc1ccc(-c2nnc(SCc3nc4ccccc4[nH]3)o2)cc1. The van der Waals surface area contributed by atoms with E-state index < -0.39 is 0 Å². The van der Waals surface area contributed by atoms with Crippen LogP contribution in [0.25, 0.3) is 22.5 Å². The molecule has 0 aliphatic carbocycles. The summed E-state index contributed by atoms with van der Waals surface area (Å²) in [5.74, 6) is 2.11. The number of para-hydroxylation sites is 2. The summed E-state index contributed by atoms with van der Waals surface area (Å²) in [4.78, 5) is 7.77. The number of thioether (sulfide) groups is 1. The van der Waals surface area contributed by atoms with E-state index in [2.05, 4.69) is 20.2 Å². The van der Waals surface area contributed by atoms with Crippen LogP contribution in [0.3, 0.4) is 0 Å². The van der Waals surface area contributed by atoms with Crippen molar-refractivity contribution < 1.29 is 9.52 Å². The first-order valence-corrected chi connectivity index (χ1v) is 7.96. The largest absolute Gasteiger partial charge is 0.508 e. The topological polar surface area (TPSA) is 87.8 Å². The van der Waals surface area contributed by atoms with Gasteiger partial charge in [0.15, 0.2) is 0 Å². The normalized spacial score (nSPS) is 11.1. The Morgan fingerprint density at radius 3 is 2.70 bits per heavy atom. The van der Waals surface area contributed by atoms with E-state index in [1.165, 1.54) is 11.8 Å². The Kier molecular flexibility index (Phi) is 3.47. The van der Waals surface area contributed by atoms with E-state index in [4.69, 9.17) is 4.42 Å². The van der Waals surface area contributed by atoms with Gasteiger partial charge in [-0.1, -0.05) is 23.9 Å². The number of nitrogens with zero attached hydrogens (tertiary/aromatic N) is 3. The number of hydrogen-bond acceptors (Lipinski definition) is 6. The summed E-state index contributed by atoms with van der Waals surface area (Å²) in [5.41, 5.74) is 2.72. The molecular weight excluding hydrogens is 312 g/mol. The van der Waals surface area contributed by atoms with Crippen molar-refractivity contribution >= 4 is 22.8 Å². The maximum absolute atomic E-state index is 9.30. The Balaban J connectivity index is 1.48. The van der Waals surface area contributed by atoms with E-state index in [0.717, 1.165) is 22.4 Å². The van der Waals surface area contributed by atoms with Crippen LogP contribution in [0.15, 0.2) is 58.2 Å². The highest BCUT2D eigenvalue weighted by Crippen LogP contribution is 2.26. The molecule has 0 fully saturated rings. The van der Waals surface area contributed by atoms with Crippen molar-refractivity contribution in [2.24, 2.45) is 0 Å². The molecule has 2 heterocycles. The lowest BCUT2D eigenvalue weighted by Crippen LogP contribution is -1.83. The summed E-state index contributed by atoms with van der Waals surface area (Å²) in [6, 6.07) is 14.5. The van der Waals surface area contributed by atoms with Crippen molar-refractivity contribution in [3.8, 4) is 17.2 Å². The van der Waals surface area contributed by atoms with Gasteiger partial charge >= 0.3 is 0 Å². The molecule has 2 aromatic heterocycles. The summed E-state index contributed by atoms with van der Waals surface area (Å²) in [6.07, 6.45) is 0. The van der Waals surface area contributed by atoms with Crippen LogP contribution >= 0.6 is 11.8 Å². The minimum atomic E-state index is 0.202. The Morgan fingerprint density at radius 1 is 1.04 bits per heavy atom. The highest BCUT2D eigenvalue weighted by atomic mass is 32.2. The molecule has 0 aliphatic rings. The molecule has 6 nitrogen and oxygen atoms in total. The van der Waals surface area contributed by atoms with Crippen LogP contribution in [0.5, 0.6) is 5.75 Å². The fourth-order valence-corrected chi connectivity index (χ4v) is 2.83. The molecule has 0 bridgehead atoms. The van der Waals surface area contributed by atoms with Crippen molar-refractivity contribution in [3.63, 3.8) is 0 Å². The molecule has 0 saturated heterocycles. The van der Waals surface area contributed by atoms with E-state index in [-0.39, 0.29) is 5.75 Å². The second kappa shape index (κ2) is 5.77. The number of benzene rings is 2. The maximum atomic E-state index is 9.30. The molecule has 4 rings (SSSR count). The third-order valence-corrected chi connectivity index (χ3v) is 4.12. The first-order chi connectivity index (χ1) is 11.3. The summed E-state index contributed by atoms with van der Waals surface area (Å²) < 4.78 is 5.62. The van der Waals surface area contributed by atoms with Gasteiger partial charge in [0.1, 0.15) is 11.6 Å². The van der Waals surface area contributed by atoms with Gasteiger partial charge in [0.25, 0.3) is 5.22 Å². The predicted molar refractivity (Wildman–Crippen MR) is 87.1 cm³/mol. The minimum absolute atomic E-state index is 0.202. The molecule has 0 saturated carbocycles. The van der Waals surface area contributed by atoms with E-state index in [0.29, 0.717) is 16.9 Å². The Morgan fingerprint density at radius 2 is 1.87 bits per heavy atom. The first kappa shape index (κ1) is 13.8. The second-order valence-electron chi connectivity index (χ2n) is 4.91. The van der Waals surface area contributed by atoms with Crippen LogP contribution in [0, 0.1) is 0 Å². The Labute approximate surface area is 135 Å². The van der Waals surface area contributed by atoms with E-state index >= 15 is 0 Å². The molecule has 23 heavy (non-hydrogen) atoms. The van der Waals surface area contributed by atoms with Crippen LogP contribution in [-0.2, 0) is 5.75 Å². The van der Waals surface area contributed by atoms with E-state index in [9.17, 15) is 5.11 Å². The van der Waals surface area contributed by atoms with Crippen molar-refractivity contribution in [1.82, 2.24) is 20.2 Å². The molecule has 2 N–H and O–H groups in total. The summed E-state index contributed by atoms with van der Waals surface area (Å²) in [5, 5.41) is 17.8. The Bertz CT molecular complexity index is 913. The number of aromatic nitrogens is 4. The lowest BCUT2D eigenvalue weighted by molar-refractivity contribution is 0.465. The fourth-order valence-electron chi connectivity index (χ4n) is 2.19. The molecule has 0 spiro atoms. The van der Waals surface area contributed by atoms with Gasteiger partial charge in [-0.2, -0.15) is 0 Å². The molecule has 0 unspecified atom stereocenters. The van der Waals surface area contributed by atoms with Gasteiger partial charge in [0.05, 0.1) is 16.8 Å². The molecule has 0 aliphatic heterocycles. The number of rotatable bonds is 4. The van der Waals surface area contributed by atoms with E-state index in [1.807, 2.05) is 24.3 Å². The van der Waals surface area contributed by atoms with Gasteiger partial charge in [-0.25, -0.2) is 4.98 Å². The molecular formula is C16H12N4O2S. The number of aromatic amines is 1. The van der Waals surface area contributed by atoms with Crippen molar-refractivity contribution in [1.29, 1.82) is 0 Å². The fraction of sp³-hybridized carbons (Fsp3) is 0.0625. The van der Waals surface area contributed by atoms with Gasteiger partial charge in [-0.15, -0.1) is 10.2 Å². The van der Waals surface area contributed by atoms with Crippen LogP contribution < -0.4 is 0 Å². The lowest BCUT2D eigenvalue weighted by Gasteiger charge is -1.95. The number of imidazole rings is 1. The third-order valence-electron chi connectivity index (χ3n) is 3.29. The highest BCUT2D eigenvalue weighted by Gasteiger charge is 2.10. The number of phenolic OH excluding ortho intramolecular Hbond substituents is 1. The zero-order valence-electron chi connectivity index (χ0n) is 11.9. The molecule has 114 valence electrons. The average Bonchev–Trinajstić information content (AvgIpc) is 3.20. The van der Waals surface area contributed by atoms with Crippen molar-refractivity contribution in [2.45, 2.75) is 11.0 Å². The number of aromatic hydroxyl groups is 1. The quantitative estimate of drug-likeness (QED) is 0.558. The average molecular weight is 324 g/mol. The van der Waals surface area contributed by atoms with Crippen LogP contribution in [0.1, 0.15) is 5.82 Å². The lowest BCUT2D eigenvalue weighted by atomic mass is 10.2. The van der Waals surface area contributed by atoms with E-state index in [1.54, 1.807) is 24.3 Å². The first-order valence-electron chi connectivity index (χ1n) is 6.97. The van der Waals surface area contributed by atoms with Crippen molar-refractivity contribution in [2.75, 3.05) is 0 Å². The van der Waals surface area contributed by atoms with Crippen LogP contribution in [-0.4, -0.2) is 25.3 Å². The third kappa shape index (κ3) is 2.91. The van der Waals surface area contributed by atoms with Gasteiger partial charge in [0, 0.05) is 5.56 Å². The van der Waals surface area contributed by atoms with Crippen molar-refractivity contribution in [3.05, 3.63) is 54.4 Å². The number of hydrogen-bond donors (Lipinski definition) is 2. The summed E-state index contributed by atoms with van der Waals surface area (Å²) in [7, 11) is 0. The van der Waals surface area contributed by atoms with Crippen LogP contribution in [0.4, 0.5) is 0 Å². The monoisotopic (exact) mass is 324 g/mol. The molecule has 2 aromatic carbocycles. The molecule has 7 heteroatoms. The summed E-state index contributed by atoms with van der Waals surface area (Å²) in [6.45, 7) is 0. The predicted octanol–water partition coefficient (Wildman–Crippen LogP) is 3.61. The minimum Gasteiger partial charge on any atom is -0.508 e. The molecule has 0 radical (unpaired) electrons. The highest BCUT2D eigenvalue weighted by molar-refractivity contribution is 7.98. The zero-order valence-corrected chi connectivity index (χ0v) is 12.7. The zero-order chi connectivity index (χ0) is 15.6. The number of fused-ring (bicyclic) bond motifs is 1. The van der Waals surface area contributed by atoms with Gasteiger partial charge < -0.3 is 14.5 Å². The van der Waals surface area contributed by atoms with Gasteiger partial charge in [-0.3, -0.25) is 0 Å². The number of nitrogens with one attached hydrogen (secondary N) is 1. The summed E-state index contributed by atoms with van der Waals surface area (Å²) >= 11 is 1.42. The second-order valence-corrected chi connectivity index (χ2v) is 5.84. The molecule has 0 amide bonds.